The van der Waals surface area contributed by atoms with Crippen molar-refractivity contribution in [2.24, 2.45) is 29.4 Å². The molecule has 1 amide bonds. The van der Waals surface area contributed by atoms with Gasteiger partial charge in [0.25, 0.3) is 5.91 Å². The van der Waals surface area contributed by atoms with Crippen molar-refractivity contribution in [2.75, 3.05) is 13.7 Å². The van der Waals surface area contributed by atoms with Gasteiger partial charge in [0.2, 0.25) is 0 Å². The van der Waals surface area contributed by atoms with Gasteiger partial charge in [-0.1, -0.05) is 11.6 Å². The molecular weight excluding hydrogens is 387 g/mol. The molecule has 0 saturated heterocycles. The van der Waals surface area contributed by atoms with Gasteiger partial charge in [-0.3, -0.25) is 4.79 Å². The second-order valence-electron chi connectivity index (χ2n) is 8.20. The average molecular weight is 415 g/mol. The lowest BCUT2D eigenvalue weighted by molar-refractivity contribution is -0.119. The van der Waals surface area contributed by atoms with E-state index in [1.807, 2.05) is 12.1 Å². The molecule has 0 spiro atoms. The van der Waals surface area contributed by atoms with Crippen LogP contribution in [0.2, 0.25) is 5.02 Å². The minimum absolute atomic E-state index is 0. The second kappa shape index (κ2) is 8.46. The van der Waals surface area contributed by atoms with E-state index in [9.17, 15) is 4.79 Å². The number of nitrogens with one attached hydrogen (secondary N) is 1. The van der Waals surface area contributed by atoms with Crippen LogP contribution in [0, 0.1) is 23.7 Å². The van der Waals surface area contributed by atoms with E-state index in [1.54, 1.807) is 7.11 Å². The summed E-state index contributed by atoms with van der Waals surface area (Å²) in [6.45, 7) is 0.542. The number of hydrogen-bond donors (Lipinski definition) is 2. The van der Waals surface area contributed by atoms with Crippen LogP contribution in [0.15, 0.2) is 12.1 Å². The van der Waals surface area contributed by atoms with Gasteiger partial charge in [0.15, 0.2) is 18.1 Å². The van der Waals surface area contributed by atoms with Crippen molar-refractivity contribution in [1.82, 2.24) is 5.32 Å². The highest BCUT2D eigenvalue weighted by Crippen LogP contribution is 2.53. The summed E-state index contributed by atoms with van der Waals surface area (Å²) in [5.41, 5.74) is 6.20. The first-order valence-corrected chi connectivity index (χ1v) is 9.92. The number of amides is 1. The Hall–Kier alpha value is -1.17. The summed E-state index contributed by atoms with van der Waals surface area (Å²) in [7, 11) is 1.57. The van der Waals surface area contributed by atoms with Crippen molar-refractivity contribution >= 4 is 29.9 Å². The van der Waals surface area contributed by atoms with Crippen molar-refractivity contribution in [2.45, 2.75) is 44.7 Å². The van der Waals surface area contributed by atoms with Gasteiger partial charge in [-0.15, -0.1) is 12.4 Å². The van der Waals surface area contributed by atoms with Crippen LogP contribution < -0.4 is 20.5 Å². The minimum atomic E-state index is -0.546. The molecular formula is C20H28Cl2N2O3. The fourth-order valence-corrected chi connectivity index (χ4v) is 5.94. The highest BCUT2D eigenvalue weighted by Gasteiger charge is 2.47. The first-order valence-electron chi connectivity index (χ1n) is 9.54. The van der Waals surface area contributed by atoms with Crippen LogP contribution in [0.5, 0.6) is 11.5 Å². The molecule has 5 nitrogen and oxygen atoms in total. The Labute approximate surface area is 171 Å². The maximum atomic E-state index is 11.0. The van der Waals surface area contributed by atoms with E-state index in [4.69, 9.17) is 26.8 Å². The summed E-state index contributed by atoms with van der Waals surface area (Å²) in [6.07, 6.45) is 7.06. The highest BCUT2D eigenvalue weighted by molar-refractivity contribution is 6.32. The quantitative estimate of drug-likeness (QED) is 0.715. The number of ether oxygens (including phenoxy) is 2. The van der Waals surface area contributed by atoms with Crippen molar-refractivity contribution in [3.63, 3.8) is 0 Å². The molecule has 0 heterocycles. The van der Waals surface area contributed by atoms with Crippen LogP contribution in [-0.4, -0.2) is 25.7 Å². The lowest BCUT2D eigenvalue weighted by Crippen LogP contribution is -2.54. The number of carbonyl (C=O) groups is 1. The normalized spacial score (nSPS) is 30.7. The van der Waals surface area contributed by atoms with Gasteiger partial charge in [-0.05, 0) is 73.5 Å². The van der Waals surface area contributed by atoms with E-state index in [-0.39, 0.29) is 19.0 Å². The molecule has 1 aromatic carbocycles. The van der Waals surface area contributed by atoms with E-state index in [1.165, 1.54) is 32.1 Å². The predicted octanol–water partition coefficient (Wildman–Crippen LogP) is 3.55. The Balaban J connectivity index is 0.00000210. The summed E-state index contributed by atoms with van der Waals surface area (Å²) in [4.78, 5) is 11.0. The van der Waals surface area contributed by atoms with Gasteiger partial charge in [0.05, 0.1) is 12.1 Å². The number of nitrogens with two attached hydrogens (primary N) is 1. The third-order valence-electron chi connectivity index (χ3n) is 6.42. The van der Waals surface area contributed by atoms with Crippen LogP contribution in [0.4, 0.5) is 0 Å². The van der Waals surface area contributed by atoms with E-state index in [0.717, 1.165) is 35.8 Å². The molecule has 3 N–H and O–H groups in total. The van der Waals surface area contributed by atoms with Crippen LogP contribution >= 0.6 is 24.0 Å². The number of carbonyl (C=O) groups excluding carboxylic acids is 1. The smallest absolute Gasteiger partial charge is 0.255 e. The van der Waals surface area contributed by atoms with Gasteiger partial charge in [-0.25, -0.2) is 0 Å². The van der Waals surface area contributed by atoms with Crippen molar-refractivity contribution in [3.8, 4) is 11.5 Å². The molecule has 0 unspecified atom stereocenters. The first-order chi connectivity index (χ1) is 12.5. The average Bonchev–Trinajstić information content (AvgIpc) is 2.59. The molecule has 4 fully saturated rings. The molecule has 0 radical (unpaired) electrons. The zero-order valence-corrected chi connectivity index (χ0v) is 17.2. The van der Waals surface area contributed by atoms with Crippen LogP contribution in [0.1, 0.15) is 37.7 Å². The molecule has 27 heavy (non-hydrogen) atoms. The number of methoxy groups -OCH3 is 1. The molecule has 4 bridgehead atoms. The standard InChI is InChI=1S/C20H27ClN2O3.ClH/c1-25-17-8-13(7-16(21)20(17)26-10-18(22)24)9-23-19-14-3-11-2-12(5-14)6-15(19)4-11;/h7-8,11-12,14-15,19,23H,2-6,9-10H2,1H3,(H2,22,24);1H. The topological polar surface area (TPSA) is 73.6 Å². The van der Waals surface area contributed by atoms with Crippen molar-refractivity contribution in [1.29, 1.82) is 0 Å². The number of halogens is 2. The number of hydrogen-bond acceptors (Lipinski definition) is 4. The van der Waals surface area contributed by atoms with Crippen molar-refractivity contribution < 1.29 is 14.3 Å². The molecule has 0 atom stereocenters. The fraction of sp³-hybridized carbons (Fsp3) is 0.650. The number of benzene rings is 1. The molecule has 4 saturated carbocycles. The molecule has 0 aromatic heterocycles. The monoisotopic (exact) mass is 414 g/mol. The molecule has 4 aliphatic rings. The maximum Gasteiger partial charge on any atom is 0.255 e. The molecule has 150 valence electrons. The summed E-state index contributed by atoms with van der Waals surface area (Å²) < 4.78 is 10.8. The molecule has 7 heteroatoms. The zero-order valence-electron chi connectivity index (χ0n) is 15.6. The number of primary amides is 1. The summed E-state index contributed by atoms with van der Waals surface area (Å²) >= 11 is 6.35. The van der Waals surface area contributed by atoms with Gasteiger partial charge in [0, 0.05) is 12.6 Å². The van der Waals surface area contributed by atoms with Gasteiger partial charge >= 0.3 is 0 Å². The zero-order chi connectivity index (χ0) is 18.3. The molecule has 0 aliphatic heterocycles. The predicted molar refractivity (Wildman–Crippen MR) is 108 cm³/mol. The third-order valence-corrected chi connectivity index (χ3v) is 6.70. The van der Waals surface area contributed by atoms with Crippen LogP contribution in [-0.2, 0) is 11.3 Å². The SMILES string of the molecule is COc1cc(CNC2C3CC4CC(C3)CC2C4)cc(Cl)c1OCC(N)=O.Cl. The Bertz CT molecular complexity index is 670. The minimum Gasteiger partial charge on any atom is -0.493 e. The molecule has 4 aliphatic carbocycles. The fourth-order valence-electron chi connectivity index (χ4n) is 5.65. The second-order valence-corrected chi connectivity index (χ2v) is 8.61. The van der Waals surface area contributed by atoms with E-state index >= 15 is 0 Å². The number of rotatable bonds is 7. The Morgan fingerprint density at radius 1 is 1.19 bits per heavy atom. The van der Waals surface area contributed by atoms with Crippen molar-refractivity contribution in [3.05, 3.63) is 22.7 Å². The third kappa shape index (κ3) is 4.30. The van der Waals surface area contributed by atoms with Gasteiger partial charge in [-0.2, -0.15) is 0 Å². The highest BCUT2D eigenvalue weighted by atomic mass is 35.5. The molecule has 5 rings (SSSR count). The van der Waals surface area contributed by atoms with Gasteiger partial charge < -0.3 is 20.5 Å². The first kappa shape index (κ1) is 20.6. The maximum absolute atomic E-state index is 11.0. The lowest BCUT2D eigenvalue weighted by Gasteiger charge is -2.54. The van der Waals surface area contributed by atoms with E-state index < -0.39 is 5.91 Å². The molecule has 1 aromatic rings. The summed E-state index contributed by atoms with van der Waals surface area (Å²) in [5.74, 6) is 3.98. The Kier molecular flexibility index (Phi) is 6.44. The summed E-state index contributed by atoms with van der Waals surface area (Å²) in [6, 6.07) is 4.42. The Morgan fingerprint density at radius 2 is 1.81 bits per heavy atom. The van der Waals surface area contributed by atoms with Gasteiger partial charge in [0.1, 0.15) is 0 Å². The van der Waals surface area contributed by atoms with Crippen LogP contribution in [0.3, 0.4) is 0 Å². The largest absolute Gasteiger partial charge is 0.493 e. The van der Waals surface area contributed by atoms with E-state index in [0.29, 0.717) is 22.6 Å². The van der Waals surface area contributed by atoms with Crippen LogP contribution in [0.25, 0.3) is 0 Å². The lowest BCUT2D eigenvalue weighted by atomic mass is 9.54. The van der Waals surface area contributed by atoms with E-state index in [2.05, 4.69) is 5.32 Å². The Morgan fingerprint density at radius 3 is 2.37 bits per heavy atom. The summed E-state index contributed by atoms with van der Waals surface area (Å²) in [5, 5.41) is 4.24.